The lowest BCUT2D eigenvalue weighted by Gasteiger charge is -2.06. The maximum atomic E-state index is 13.4. The number of aromatic nitrogens is 2. The van der Waals surface area contributed by atoms with Crippen LogP contribution in [-0.2, 0) is 0 Å². The minimum Gasteiger partial charge on any atom is -0.330 e. The number of aryl methyl sites for hydroxylation is 1. The Morgan fingerprint density at radius 1 is 1.10 bits per heavy atom. The van der Waals surface area contributed by atoms with Crippen molar-refractivity contribution >= 4 is 23.3 Å². The van der Waals surface area contributed by atoms with Gasteiger partial charge in [0.05, 0.1) is 16.7 Å². The second-order valence-electron chi connectivity index (χ2n) is 4.46. The maximum absolute atomic E-state index is 13.4. The van der Waals surface area contributed by atoms with Crippen LogP contribution in [0.1, 0.15) is 5.56 Å². The summed E-state index contributed by atoms with van der Waals surface area (Å²) in [4.78, 5) is 2.99. The van der Waals surface area contributed by atoms with Crippen molar-refractivity contribution in [2.75, 3.05) is 0 Å². The molecule has 0 radical (unpaired) electrons. The summed E-state index contributed by atoms with van der Waals surface area (Å²) >= 11 is 5.18. The molecule has 2 nitrogen and oxygen atoms in total. The SMILES string of the molecule is Cc1cccc2c1[nH]c(=S)n2-c1cc(F)c(F)c(F)c1. The van der Waals surface area contributed by atoms with Crippen molar-refractivity contribution in [1.82, 2.24) is 9.55 Å². The zero-order valence-corrected chi connectivity index (χ0v) is 11.2. The summed E-state index contributed by atoms with van der Waals surface area (Å²) in [7, 11) is 0. The van der Waals surface area contributed by atoms with Crippen LogP contribution in [0.3, 0.4) is 0 Å². The van der Waals surface area contributed by atoms with Crippen LogP contribution in [0.4, 0.5) is 13.2 Å². The maximum Gasteiger partial charge on any atom is 0.194 e. The highest BCUT2D eigenvalue weighted by molar-refractivity contribution is 7.71. The number of hydrogen-bond donors (Lipinski definition) is 1. The summed E-state index contributed by atoms with van der Waals surface area (Å²) in [6.45, 7) is 1.89. The second-order valence-corrected chi connectivity index (χ2v) is 4.84. The van der Waals surface area contributed by atoms with Crippen molar-refractivity contribution in [3.8, 4) is 5.69 Å². The number of para-hydroxylation sites is 1. The Morgan fingerprint density at radius 3 is 2.40 bits per heavy atom. The van der Waals surface area contributed by atoms with Gasteiger partial charge < -0.3 is 4.98 Å². The van der Waals surface area contributed by atoms with E-state index in [2.05, 4.69) is 4.98 Å². The van der Waals surface area contributed by atoms with Crippen LogP contribution < -0.4 is 0 Å². The van der Waals surface area contributed by atoms with Crippen LogP contribution in [0.2, 0.25) is 0 Å². The molecular formula is C14H9F3N2S. The second kappa shape index (κ2) is 4.49. The highest BCUT2D eigenvalue weighted by Crippen LogP contribution is 2.24. The van der Waals surface area contributed by atoms with E-state index in [1.807, 2.05) is 19.1 Å². The van der Waals surface area contributed by atoms with Crippen molar-refractivity contribution in [3.63, 3.8) is 0 Å². The van der Waals surface area contributed by atoms with Crippen LogP contribution in [0, 0.1) is 29.1 Å². The Hall–Kier alpha value is -2.08. The van der Waals surface area contributed by atoms with Gasteiger partial charge in [-0.05, 0) is 30.8 Å². The molecule has 0 amide bonds. The Bertz CT molecular complexity index is 857. The summed E-state index contributed by atoms with van der Waals surface area (Å²) in [6, 6.07) is 7.32. The number of aromatic amines is 1. The van der Waals surface area contributed by atoms with E-state index in [4.69, 9.17) is 12.2 Å². The summed E-state index contributed by atoms with van der Waals surface area (Å²) in [5.74, 6) is -3.98. The van der Waals surface area contributed by atoms with Gasteiger partial charge in [-0.2, -0.15) is 0 Å². The van der Waals surface area contributed by atoms with Gasteiger partial charge in [0, 0.05) is 12.1 Å². The quantitative estimate of drug-likeness (QED) is 0.520. The van der Waals surface area contributed by atoms with E-state index in [9.17, 15) is 13.2 Å². The van der Waals surface area contributed by atoms with Crippen LogP contribution in [0.5, 0.6) is 0 Å². The smallest absolute Gasteiger partial charge is 0.194 e. The van der Waals surface area contributed by atoms with Gasteiger partial charge >= 0.3 is 0 Å². The molecule has 2 aromatic carbocycles. The van der Waals surface area contributed by atoms with E-state index in [1.54, 1.807) is 6.07 Å². The van der Waals surface area contributed by atoms with Gasteiger partial charge in [-0.15, -0.1) is 0 Å². The van der Waals surface area contributed by atoms with Gasteiger partial charge in [0.2, 0.25) is 0 Å². The topological polar surface area (TPSA) is 20.7 Å². The fraction of sp³-hybridized carbons (Fsp3) is 0.0714. The lowest BCUT2D eigenvalue weighted by molar-refractivity contribution is 0.446. The molecule has 3 aromatic rings. The molecule has 6 heteroatoms. The van der Waals surface area contributed by atoms with E-state index in [1.165, 1.54) is 4.57 Å². The number of rotatable bonds is 1. The van der Waals surface area contributed by atoms with Crippen molar-refractivity contribution < 1.29 is 13.2 Å². The monoisotopic (exact) mass is 294 g/mol. The Kier molecular flexibility index (Phi) is 2.90. The zero-order chi connectivity index (χ0) is 14.4. The summed E-state index contributed by atoms with van der Waals surface area (Å²) in [5, 5.41) is 0. The van der Waals surface area contributed by atoms with Gasteiger partial charge in [0.15, 0.2) is 22.2 Å². The van der Waals surface area contributed by atoms with Crippen molar-refractivity contribution in [3.05, 3.63) is 58.1 Å². The van der Waals surface area contributed by atoms with Gasteiger partial charge in [-0.25, -0.2) is 13.2 Å². The number of hydrogen-bond acceptors (Lipinski definition) is 1. The highest BCUT2D eigenvalue weighted by Gasteiger charge is 2.14. The van der Waals surface area contributed by atoms with Gasteiger partial charge in [-0.3, -0.25) is 4.57 Å². The molecule has 0 aliphatic heterocycles. The van der Waals surface area contributed by atoms with Crippen LogP contribution in [-0.4, -0.2) is 9.55 Å². The molecule has 0 atom stereocenters. The summed E-state index contributed by atoms with van der Waals surface area (Å²) < 4.78 is 41.5. The molecule has 0 bridgehead atoms. The molecule has 0 fully saturated rings. The van der Waals surface area contributed by atoms with Crippen LogP contribution >= 0.6 is 12.2 Å². The lowest BCUT2D eigenvalue weighted by Crippen LogP contribution is -1.99. The first-order chi connectivity index (χ1) is 9.49. The third-order valence-electron chi connectivity index (χ3n) is 3.15. The number of imidazole rings is 1. The number of fused-ring (bicyclic) bond motifs is 1. The normalized spacial score (nSPS) is 11.2. The third-order valence-corrected chi connectivity index (χ3v) is 3.44. The van der Waals surface area contributed by atoms with Gasteiger partial charge in [-0.1, -0.05) is 12.1 Å². The fourth-order valence-electron chi connectivity index (χ4n) is 2.20. The predicted molar refractivity (Wildman–Crippen MR) is 73.1 cm³/mol. The molecule has 1 heterocycles. The highest BCUT2D eigenvalue weighted by atomic mass is 32.1. The molecule has 1 N–H and O–H groups in total. The Balaban J connectivity index is 2.38. The molecule has 0 aliphatic rings. The molecule has 0 aliphatic carbocycles. The Labute approximate surface area is 117 Å². The zero-order valence-electron chi connectivity index (χ0n) is 10.4. The first kappa shape index (κ1) is 12.9. The van der Waals surface area contributed by atoms with Crippen molar-refractivity contribution in [2.45, 2.75) is 6.92 Å². The van der Waals surface area contributed by atoms with E-state index in [0.717, 1.165) is 23.2 Å². The molecule has 0 unspecified atom stereocenters. The van der Waals surface area contributed by atoms with E-state index in [-0.39, 0.29) is 5.69 Å². The molecule has 0 saturated carbocycles. The molecule has 1 aromatic heterocycles. The summed E-state index contributed by atoms with van der Waals surface area (Å²) in [5.41, 5.74) is 2.56. The molecular weight excluding hydrogens is 285 g/mol. The van der Waals surface area contributed by atoms with Crippen molar-refractivity contribution in [2.24, 2.45) is 0 Å². The molecule has 0 saturated heterocycles. The predicted octanol–water partition coefficient (Wildman–Crippen LogP) is 4.41. The standard InChI is InChI=1S/C14H9F3N2S/c1-7-3-2-4-11-13(7)18-14(20)19(11)8-5-9(15)12(17)10(16)6-8/h2-6H,1H3,(H,18,20). The van der Waals surface area contributed by atoms with E-state index in [0.29, 0.717) is 10.3 Å². The Morgan fingerprint density at radius 2 is 1.75 bits per heavy atom. The van der Waals surface area contributed by atoms with Crippen LogP contribution in [0.15, 0.2) is 30.3 Å². The molecule has 0 spiro atoms. The van der Waals surface area contributed by atoms with Crippen molar-refractivity contribution in [1.29, 1.82) is 0 Å². The number of H-pyrrole nitrogens is 1. The molecule has 102 valence electrons. The van der Waals surface area contributed by atoms with Gasteiger partial charge in [0.1, 0.15) is 0 Å². The summed E-state index contributed by atoms with van der Waals surface area (Å²) in [6.07, 6.45) is 0. The third kappa shape index (κ3) is 1.84. The number of benzene rings is 2. The first-order valence-electron chi connectivity index (χ1n) is 5.84. The minimum absolute atomic E-state index is 0.142. The largest absolute Gasteiger partial charge is 0.330 e. The van der Waals surface area contributed by atoms with E-state index >= 15 is 0 Å². The van der Waals surface area contributed by atoms with Gasteiger partial charge in [0.25, 0.3) is 0 Å². The number of halogens is 3. The molecule has 3 rings (SSSR count). The average molecular weight is 294 g/mol. The molecule has 20 heavy (non-hydrogen) atoms. The fourth-order valence-corrected chi connectivity index (χ4v) is 2.51. The van der Waals surface area contributed by atoms with Crippen LogP contribution in [0.25, 0.3) is 16.7 Å². The lowest BCUT2D eigenvalue weighted by atomic mass is 10.2. The first-order valence-corrected chi connectivity index (χ1v) is 6.25. The minimum atomic E-state index is -1.49. The van der Waals surface area contributed by atoms with E-state index < -0.39 is 17.5 Å². The number of nitrogens with zero attached hydrogens (tertiary/aromatic N) is 1. The number of nitrogens with one attached hydrogen (secondary N) is 1. The average Bonchev–Trinajstić information content (AvgIpc) is 2.73.